The standard InChI is InChI=1S/C56H97N3O8/c1-13-15-16-17-18-19-20-21-22-23-24-25-29-34-57(9)52(41(5)6)49(61)38-46(40(3)4)55(63)58(10)53(42(7)14-2)50(66-11)39-51(62)59-35-30-33-47(59)54(67-12)43(8)48(60)37-45(56(64)65)36-44-31-27-26-28-32-44/h26-28,31-32,40-43,45-47,50,52-54H,13-25,29-30,33-39H2,1-12H3,(H,64,65)/t42-,43-,45+,46-,47-,50+,52-,53-,54+/m0/s1. The number of ether oxygens (including phenoxy) is 2. The minimum absolute atomic E-state index is 0.0121. The molecule has 1 aromatic rings. The van der Waals surface area contributed by atoms with Crippen LogP contribution in [0.3, 0.4) is 0 Å². The van der Waals surface area contributed by atoms with Gasteiger partial charge in [0.05, 0.1) is 42.7 Å². The van der Waals surface area contributed by atoms with Crippen molar-refractivity contribution in [3.63, 3.8) is 0 Å². The quantitative estimate of drug-likeness (QED) is 0.0647. The second-order valence-electron chi connectivity index (χ2n) is 20.9. The van der Waals surface area contributed by atoms with Crippen LogP contribution in [-0.2, 0) is 39.9 Å². The Morgan fingerprint density at radius 2 is 1.30 bits per heavy atom. The van der Waals surface area contributed by atoms with E-state index in [0.29, 0.717) is 13.0 Å². The molecule has 0 saturated carbocycles. The van der Waals surface area contributed by atoms with Gasteiger partial charge in [-0.05, 0) is 62.6 Å². The molecule has 0 bridgehead atoms. The monoisotopic (exact) mass is 940 g/mol. The molecule has 1 aromatic carbocycles. The number of ketones is 2. The molecule has 1 aliphatic rings. The van der Waals surface area contributed by atoms with Gasteiger partial charge >= 0.3 is 5.97 Å². The number of benzene rings is 1. The number of likely N-dealkylation sites (N-methyl/N-ethyl adjacent to an activating group) is 2. The Balaban J connectivity index is 2.10. The van der Waals surface area contributed by atoms with Crippen LogP contribution in [-0.4, -0.2) is 121 Å². The summed E-state index contributed by atoms with van der Waals surface area (Å²) < 4.78 is 12.1. The van der Waals surface area contributed by atoms with Gasteiger partial charge in [0.25, 0.3) is 0 Å². The molecule has 2 amide bonds. The third-order valence-electron chi connectivity index (χ3n) is 15.1. The highest BCUT2D eigenvalue weighted by molar-refractivity contribution is 5.90. The van der Waals surface area contributed by atoms with Gasteiger partial charge in [-0.3, -0.25) is 28.9 Å². The summed E-state index contributed by atoms with van der Waals surface area (Å²) in [5, 5.41) is 10.0. The summed E-state index contributed by atoms with van der Waals surface area (Å²) in [5.41, 5.74) is 0.855. The maximum atomic E-state index is 14.7. The van der Waals surface area contributed by atoms with Crippen molar-refractivity contribution < 1.29 is 38.6 Å². The van der Waals surface area contributed by atoms with E-state index in [4.69, 9.17) is 9.47 Å². The van der Waals surface area contributed by atoms with Crippen molar-refractivity contribution in [2.75, 3.05) is 41.4 Å². The Hall–Kier alpha value is -3.15. The number of likely N-dealkylation sites (tertiary alicyclic amines) is 1. The highest BCUT2D eigenvalue weighted by Gasteiger charge is 2.43. The third kappa shape index (κ3) is 20.0. The normalized spacial score (nSPS) is 17.8. The molecule has 1 fully saturated rings. The maximum Gasteiger partial charge on any atom is 0.307 e. The van der Waals surface area contributed by atoms with Crippen molar-refractivity contribution in [3.8, 4) is 0 Å². The number of carbonyl (C=O) groups is 5. The van der Waals surface area contributed by atoms with Gasteiger partial charge in [0.15, 0.2) is 5.78 Å². The minimum Gasteiger partial charge on any atom is -0.481 e. The molecule has 67 heavy (non-hydrogen) atoms. The van der Waals surface area contributed by atoms with Crippen molar-refractivity contribution in [2.45, 2.75) is 214 Å². The maximum absolute atomic E-state index is 14.7. The van der Waals surface area contributed by atoms with E-state index in [9.17, 15) is 29.1 Å². The van der Waals surface area contributed by atoms with Gasteiger partial charge in [-0.1, -0.05) is 169 Å². The molecule has 2 rings (SSSR count). The Morgan fingerprint density at radius 3 is 1.79 bits per heavy atom. The van der Waals surface area contributed by atoms with Gasteiger partial charge in [-0.2, -0.15) is 0 Å². The first kappa shape index (κ1) is 60.0. The van der Waals surface area contributed by atoms with Crippen molar-refractivity contribution in [1.29, 1.82) is 0 Å². The first-order chi connectivity index (χ1) is 31.9. The molecular weight excluding hydrogens is 843 g/mol. The van der Waals surface area contributed by atoms with Crippen LogP contribution >= 0.6 is 0 Å². The number of Topliss-reactive ketones (excluding diaryl/α,β-unsaturated/α-hetero) is 2. The summed E-state index contributed by atoms with van der Waals surface area (Å²) in [5.74, 6) is -3.40. The Labute approximate surface area is 408 Å². The molecule has 11 nitrogen and oxygen atoms in total. The molecule has 1 N–H and O–H groups in total. The number of rotatable bonds is 37. The largest absolute Gasteiger partial charge is 0.481 e. The lowest BCUT2D eigenvalue weighted by molar-refractivity contribution is -0.149. The Bertz CT molecular complexity index is 1570. The number of carbonyl (C=O) groups excluding carboxylic acids is 4. The third-order valence-corrected chi connectivity index (χ3v) is 15.1. The van der Waals surface area contributed by atoms with Crippen LogP contribution in [0, 0.1) is 35.5 Å². The van der Waals surface area contributed by atoms with Crippen molar-refractivity contribution in [1.82, 2.24) is 14.7 Å². The lowest BCUT2D eigenvalue weighted by Gasteiger charge is -2.41. The van der Waals surface area contributed by atoms with Crippen LogP contribution in [0.5, 0.6) is 0 Å². The van der Waals surface area contributed by atoms with Crippen molar-refractivity contribution in [3.05, 3.63) is 35.9 Å². The number of amides is 2. The number of hydrogen-bond donors (Lipinski definition) is 1. The zero-order valence-corrected chi connectivity index (χ0v) is 44.4. The number of nitrogens with zero attached hydrogens (tertiary/aromatic N) is 3. The second-order valence-corrected chi connectivity index (χ2v) is 20.9. The second kappa shape index (κ2) is 32.6. The van der Waals surface area contributed by atoms with E-state index in [0.717, 1.165) is 37.8 Å². The molecule has 11 heteroatoms. The highest BCUT2D eigenvalue weighted by Crippen LogP contribution is 2.32. The molecule has 0 unspecified atom stereocenters. The van der Waals surface area contributed by atoms with Crippen molar-refractivity contribution in [2.24, 2.45) is 35.5 Å². The zero-order valence-electron chi connectivity index (χ0n) is 44.4. The van der Waals surface area contributed by atoms with E-state index >= 15 is 0 Å². The van der Waals surface area contributed by atoms with Crippen LogP contribution < -0.4 is 0 Å². The molecule has 384 valence electrons. The first-order valence-corrected chi connectivity index (χ1v) is 26.6. The highest BCUT2D eigenvalue weighted by atomic mass is 16.5. The van der Waals surface area contributed by atoms with E-state index in [-0.39, 0.29) is 78.9 Å². The topological polar surface area (TPSA) is 134 Å². The molecule has 1 aliphatic heterocycles. The van der Waals surface area contributed by atoms with Crippen LogP contribution in [0.4, 0.5) is 0 Å². The zero-order chi connectivity index (χ0) is 50.1. The molecule has 0 spiro atoms. The van der Waals surface area contributed by atoms with E-state index in [1.54, 1.807) is 38.0 Å². The molecule has 1 saturated heterocycles. The molecule has 0 aromatic heterocycles. The predicted molar refractivity (Wildman–Crippen MR) is 272 cm³/mol. The summed E-state index contributed by atoms with van der Waals surface area (Å²) in [7, 11) is 6.99. The van der Waals surface area contributed by atoms with Gasteiger partial charge in [-0.15, -0.1) is 0 Å². The van der Waals surface area contributed by atoms with Crippen LogP contribution in [0.25, 0.3) is 0 Å². The fraction of sp³-hybridized carbons (Fsp3) is 0.804. The van der Waals surface area contributed by atoms with Gasteiger partial charge in [0.2, 0.25) is 11.8 Å². The predicted octanol–water partition coefficient (Wildman–Crippen LogP) is 11.1. The summed E-state index contributed by atoms with van der Waals surface area (Å²) in [4.78, 5) is 75.1. The molecule has 0 aliphatic carbocycles. The molecule has 1 heterocycles. The minimum atomic E-state index is -1.02. The number of unbranched alkanes of at least 4 members (excludes halogenated alkanes) is 12. The van der Waals surface area contributed by atoms with Crippen LogP contribution in [0.15, 0.2) is 30.3 Å². The Kier molecular flexibility index (Phi) is 29.2. The summed E-state index contributed by atoms with van der Waals surface area (Å²) in [6.45, 7) is 17.8. The average Bonchev–Trinajstić information content (AvgIpc) is 3.78. The van der Waals surface area contributed by atoms with Crippen LogP contribution in [0.1, 0.15) is 183 Å². The Morgan fingerprint density at radius 1 is 0.731 bits per heavy atom. The number of carboxylic acid groups (broad SMARTS) is 1. The van der Waals surface area contributed by atoms with E-state index in [1.807, 2.05) is 44.2 Å². The number of hydrogen-bond acceptors (Lipinski definition) is 8. The fourth-order valence-electron chi connectivity index (χ4n) is 10.8. The van der Waals surface area contributed by atoms with Gasteiger partial charge < -0.3 is 24.4 Å². The van der Waals surface area contributed by atoms with Gasteiger partial charge in [-0.25, -0.2) is 0 Å². The summed E-state index contributed by atoms with van der Waals surface area (Å²) in [6.07, 6.45) is 18.1. The van der Waals surface area contributed by atoms with E-state index < -0.39 is 42.0 Å². The van der Waals surface area contributed by atoms with E-state index in [1.165, 1.54) is 70.6 Å². The summed E-state index contributed by atoms with van der Waals surface area (Å²) >= 11 is 0. The first-order valence-electron chi connectivity index (χ1n) is 26.6. The van der Waals surface area contributed by atoms with Gasteiger partial charge in [0, 0.05) is 52.5 Å². The van der Waals surface area contributed by atoms with Crippen LogP contribution in [0.2, 0.25) is 0 Å². The number of methoxy groups -OCH3 is 2. The lowest BCUT2D eigenvalue weighted by Crippen LogP contribution is -2.54. The number of carboxylic acids is 1. The SMILES string of the molecule is CCCCCCCCCCCCCCCN(C)[C@H](C(=O)C[C@H](C(=O)N(C)[C@@H]([C@@H](C)CC)[C@@H](CC(=O)N1CCC[C@H]1[C@H](OC)[C@@H](C)C(=O)C[C@@H](Cc1ccccc1)C(=O)O)OC)C(C)C)C(C)C. The van der Waals surface area contributed by atoms with Gasteiger partial charge in [0.1, 0.15) is 5.78 Å². The summed E-state index contributed by atoms with van der Waals surface area (Å²) in [6, 6.07) is 8.23. The smallest absolute Gasteiger partial charge is 0.307 e. The molecule has 9 atom stereocenters. The van der Waals surface area contributed by atoms with Crippen molar-refractivity contribution >= 4 is 29.4 Å². The average molecular weight is 940 g/mol. The fourth-order valence-corrected chi connectivity index (χ4v) is 10.8. The molecular formula is C56H97N3O8. The lowest BCUT2D eigenvalue weighted by atomic mass is 9.83. The molecule has 0 radical (unpaired) electrons. The number of aliphatic carboxylic acids is 1. The van der Waals surface area contributed by atoms with E-state index in [2.05, 4.69) is 46.6 Å².